The molecule has 0 radical (unpaired) electrons. The third-order valence-corrected chi connectivity index (χ3v) is 2.88. The molecule has 0 aliphatic rings. The number of nitrogens with zero attached hydrogens (tertiary/aromatic N) is 3. The number of halogens is 1. The highest BCUT2D eigenvalue weighted by molar-refractivity contribution is 9.10. The third kappa shape index (κ3) is 2.91. The summed E-state index contributed by atoms with van der Waals surface area (Å²) >= 11 is 3.36. The predicted octanol–water partition coefficient (Wildman–Crippen LogP) is 2.14. The second kappa shape index (κ2) is 5.09. The summed E-state index contributed by atoms with van der Waals surface area (Å²) in [6, 6.07) is 3.94. The van der Waals surface area contributed by atoms with Crippen LogP contribution in [0.15, 0.2) is 29.0 Å². The zero-order valence-electron chi connectivity index (χ0n) is 9.31. The van der Waals surface area contributed by atoms with Gasteiger partial charge in [-0.3, -0.25) is 4.98 Å². The van der Waals surface area contributed by atoms with Crippen LogP contribution in [0.2, 0.25) is 0 Å². The SMILES string of the molecule is Cc1cccnc1CNc1nc(N)ncc1Br. The second-order valence-electron chi connectivity index (χ2n) is 3.55. The molecule has 0 bridgehead atoms. The van der Waals surface area contributed by atoms with Gasteiger partial charge < -0.3 is 11.1 Å². The van der Waals surface area contributed by atoms with Crippen molar-refractivity contribution in [1.82, 2.24) is 15.0 Å². The van der Waals surface area contributed by atoms with Crippen LogP contribution >= 0.6 is 15.9 Å². The molecule has 5 nitrogen and oxygen atoms in total. The lowest BCUT2D eigenvalue weighted by Gasteiger charge is -2.08. The quantitative estimate of drug-likeness (QED) is 0.907. The van der Waals surface area contributed by atoms with Gasteiger partial charge in [0.05, 0.1) is 16.7 Å². The van der Waals surface area contributed by atoms with Crippen LogP contribution in [-0.2, 0) is 6.54 Å². The second-order valence-corrected chi connectivity index (χ2v) is 4.40. The van der Waals surface area contributed by atoms with Gasteiger partial charge in [-0.15, -0.1) is 0 Å². The van der Waals surface area contributed by atoms with Crippen molar-refractivity contribution in [3.05, 3.63) is 40.3 Å². The molecule has 0 unspecified atom stereocenters. The van der Waals surface area contributed by atoms with E-state index < -0.39 is 0 Å². The van der Waals surface area contributed by atoms with Crippen LogP contribution in [0.3, 0.4) is 0 Å². The van der Waals surface area contributed by atoms with E-state index in [0.29, 0.717) is 12.4 Å². The number of rotatable bonds is 3. The molecule has 2 aromatic heterocycles. The standard InChI is InChI=1S/C11H12BrN5/c1-7-3-2-4-14-9(7)6-15-10-8(12)5-16-11(13)17-10/h2-5H,6H2,1H3,(H3,13,15,16,17). The van der Waals surface area contributed by atoms with Crippen molar-refractivity contribution in [2.45, 2.75) is 13.5 Å². The van der Waals surface area contributed by atoms with E-state index in [0.717, 1.165) is 15.7 Å². The Morgan fingerprint density at radius 1 is 1.41 bits per heavy atom. The van der Waals surface area contributed by atoms with Crippen LogP contribution in [-0.4, -0.2) is 15.0 Å². The van der Waals surface area contributed by atoms with Crippen LogP contribution in [0.4, 0.5) is 11.8 Å². The topological polar surface area (TPSA) is 76.7 Å². The minimum atomic E-state index is 0.244. The summed E-state index contributed by atoms with van der Waals surface area (Å²) in [5.41, 5.74) is 7.65. The largest absolute Gasteiger partial charge is 0.368 e. The van der Waals surface area contributed by atoms with Crippen LogP contribution in [0.5, 0.6) is 0 Å². The van der Waals surface area contributed by atoms with E-state index >= 15 is 0 Å². The van der Waals surface area contributed by atoms with Gasteiger partial charge in [0.15, 0.2) is 0 Å². The van der Waals surface area contributed by atoms with E-state index in [2.05, 4.69) is 36.2 Å². The van der Waals surface area contributed by atoms with Crippen molar-refractivity contribution in [3.63, 3.8) is 0 Å². The summed E-state index contributed by atoms with van der Waals surface area (Å²) in [6.07, 6.45) is 3.39. The Balaban J connectivity index is 2.12. The van der Waals surface area contributed by atoms with Crippen LogP contribution in [0.1, 0.15) is 11.3 Å². The molecule has 3 N–H and O–H groups in total. The number of pyridine rings is 1. The zero-order chi connectivity index (χ0) is 12.3. The summed E-state index contributed by atoms with van der Waals surface area (Å²) < 4.78 is 0.778. The lowest BCUT2D eigenvalue weighted by atomic mass is 10.2. The van der Waals surface area contributed by atoms with E-state index in [1.54, 1.807) is 12.4 Å². The van der Waals surface area contributed by atoms with Crippen molar-refractivity contribution in [1.29, 1.82) is 0 Å². The minimum Gasteiger partial charge on any atom is -0.368 e. The molecule has 2 rings (SSSR count). The monoisotopic (exact) mass is 293 g/mol. The molecule has 0 amide bonds. The van der Waals surface area contributed by atoms with E-state index in [1.807, 2.05) is 19.1 Å². The number of nitrogen functional groups attached to an aromatic ring is 1. The van der Waals surface area contributed by atoms with E-state index in [1.165, 1.54) is 0 Å². The first-order valence-electron chi connectivity index (χ1n) is 5.09. The Morgan fingerprint density at radius 3 is 3.00 bits per heavy atom. The minimum absolute atomic E-state index is 0.244. The Kier molecular flexibility index (Phi) is 3.53. The summed E-state index contributed by atoms with van der Waals surface area (Å²) in [5, 5.41) is 3.17. The highest BCUT2D eigenvalue weighted by Crippen LogP contribution is 2.19. The number of nitrogens with one attached hydrogen (secondary N) is 1. The fraction of sp³-hybridized carbons (Fsp3) is 0.182. The number of aryl methyl sites for hydroxylation is 1. The molecule has 2 heterocycles. The molecule has 0 aliphatic heterocycles. The van der Waals surface area contributed by atoms with Gasteiger partial charge in [-0.25, -0.2) is 4.98 Å². The Labute approximate surface area is 108 Å². The highest BCUT2D eigenvalue weighted by Gasteiger charge is 2.04. The fourth-order valence-corrected chi connectivity index (χ4v) is 1.71. The fourth-order valence-electron chi connectivity index (χ4n) is 1.38. The van der Waals surface area contributed by atoms with Crippen LogP contribution in [0.25, 0.3) is 0 Å². The number of hydrogen-bond donors (Lipinski definition) is 2. The van der Waals surface area contributed by atoms with Crippen LogP contribution < -0.4 is 11.1 Å². The molecule has 0 aliphatic carbocycles. The molecule has 0 aromatic carbocycles. The molecule has 17 heavy (non-hydrogen) atoms. The number of nitrogens with two attached hydrogens (primary N) is 1. The molecule has 0 saturated heterocycles. The Hall–Kier alpha value is -1.69. The van der Waals surface area contributed by atoms with Crippen molar-refractivity contribution in [3.8, 4) is 0 Å². The van der Waals surface area contributed by atoms with Gasteiger partial charge in [0.25, 0.3) is 0 Å². The molecule has 0 spiro atoms. The molecule has 0 fully saturated rings. The van der Waals surface area contributed by atoms with Gasteiger partial charge in [-0.05, 0) is 34.5 Å². The average Bonchev–Trinajstić information content (AvgIpc) is 2.32. The number of anilines is 2. The van der Waals surface area contributed by atoms with E-state index in [9.17, 15) is 0 Å². The summed E-state index contributed by atoms with van der Waals surface area (Å²) in [7, 11) is 0. The Morgan fingerprint density at radius 2 is 2.24 bits per heavy atom. The Bertz CT molecular complexity index is 529. The zero-order valence-corrected chi connectivity index (χ0v) is 10.9. The highest BCUT2D eigenvalue weighted by atomic mass is 79.9. The van der Waals surface area contributed by atoms with E-state index in [4.69, 9.17) is 5.73 Å². The predicted molar refractivity (Wildman–Crippen MR) is 70.4 cm³/mol. The molecule has 0 saturated carbocycles. The van der Waals surface area contributed by atoms with E-state index in [-0.39, 0.29) is 5.95 Å². The van der Waals surface area contributed by atoms with Crippen molar-refractivity contribution in [2.24, 2.45) is 0 Å². The van der Waals surface area contributed by atoms with Gasteiger partial charge >= 0.3 is 0 Å². The normalized spacial score (nSPS) is 10.2. The van der Waals surface area contributed by atoms with Crippen molar-refractivity contribution in [2.75, 3.05) is 11.1 Å². The van der Waals surface area contributed by atoms with Crippen molar-refractivity contribution < 1.29 is 0 Å². The lowest BCUT2D eigenvalue weighted by molar-refractivity contribution is 0.998. The maximum Gasteiger partial charge on any atom is 0.221 e. The van der Waals surface area contributed by atoms with Crippen molar-refractivity contribution >= 4 is 27.7 Å². The maximum atomic E-state index is 5.53. The molecular formula is C11H12BrN5. The molecular weight excluding hydrogens is 282 g/mol. The molecule has 2 aromatic rings. The average molecular weight is 294 g/mol. The smallest absolute Gasteiger partial charge is 0.221 e. The first-order chi connectivity index (χ1) is 8.16. The summed E-state index contributed by atoms with van der Waals surface area (Å²) in [4.78, 5) is 12.3. The van der Waals surface area contributed by atoms with Gasteiger partial charge in [0.2, 0.25) is 5.95 Å². The number of aromatic nitrogens is 3. The molecule has 0 atom stereocenters. The third-order valence-electron chi connectivity index (χ3n) is 2.30. The summed E-state index contributed by atoms with van der Waals surface area (Å²) in [5.74, 6) is 0.913. The summed E-state index contributed by atoms with van der Waals surface area (Å²) in [6.45, 7) is 2.62. The molecule has 6 heteroatoms. The van der Waals surface area contributed by atoms with Gasteiger partial charge in [-0.1, -0.05) is 6.07 Å². The first kappa shape index (κ1) is 11.8. The lowest BCUT2D eigenvalue weighted by Crippen LogP contribution is -2.07. The molecule has 88 valence electrons. The van der Waals surface area contributed by atoms with Gasteiger partial charge in [0, 0.05) is 12.4 Å². The van der Waals surface area contributed by atoms with Crippen LogP contribution in [0, 0.1) is 6.92 Å². The first-order valence-corrected chi connectivity index (χ1v) is 5.88. The van der Waals surface area contributed by atoms with Gasteiger partial charge in [-0.2, -0.15) is 4.98 Å². The van der Waals surface area contributed by atoms with Gasteiger partial charge in [0.1, 0.15) is 5.82 Å². The number of hydrogen-bond acceptors (Lipinski definition) is 5. The maximum absolute atomic E-state index is 5.53.